The summed E-state index contributed by atoms with van der Waals surface area (Å²) in [7, 11) is 0. The molecule has 0 aliphatic carbocycles. The van der Waals surface area contributed by atoms with E-state index in [9.17, 15) is 13.6 Å². The number of amides is 1. The summed E-state index contributed by atoms with van der Waals surface area (Å²) in [5.41, 5.74) is 1.27. The smallest absolute Gasteiger partial charge is 0.284 e. The van der Waals surface area contributed by atoms with Crippen LogP contribution in [0.3, 0.4) is 0 Å². The largest absolute Gasteiger partial charge is 0.492 e. The van der Waals surface area contributed by atoms with Crippen molar-refractivity contribution in [1.82, 2.24) is 14.9 Å². The van der Waals surface area contributed by atoms with Crippen LogP contribution in [0, 0.1) is 5.82 Å². The lowest BCUT2D eigenvalue weighted by Crippen LogP contribution is -2.36. The number of carbonyl (C=O) groups is 1. The molecule has 2 aliphatic heterocycles. The number of carbonyl (C=O) groups excluding carboxylic acids is 1. The van der Waals surface area contributed by atoms with Crippen molar-refractivity contribution < 1.29 is 27.8 Å². The molecule has 1 amide bonds. The average molecular weight is 546 g/mol. The molecule has 3 heterocycles. The number of likely N-dealkylation sites (tertiary alicyclic amines) is 1. The second-order valence-corrected chi connectivity index (χ2v) is 9.23. The lowest BCUT2D eigenvalue weighted by Gasteiger charge is -2.24. The second-order valence-electron chi connectivity index (χ2n) is 8.82. The van der Waals surface area contributed by atoms with E-state index in [-0.39, 0.29) is 29.5 Å². The van der Waals surface area contributed by atoms with E-state index in [4.69, 9.17) is 25.8 Å². The molecule has 3 aromatic rings. The van der Waals surface area contributed by atoms with Crippen LogP contribution in [0.15, 0.2) is 48.6 Å². The minimum Gasteiger partial charge on any atom is -0.492 e. The van der Waals surface area contributed by atoms with E-state index in [0.29, 0.717) is 61.1 Å². The van der Waals surface area contributed by atoms with Crippen molar-refractivity contribution in [2.45, 2.75) is 19.1 Å². The number of anilines is 3. The van der Waals surface area contributed by atoms with Crippen molar-refractivity contribution in [2.75, 3.05) is 50.1 Å². The molecule has 2 atom stereocenters. The maximum absolute atomic E-state index is 14.8. The van der Waals surface area contributed by atoms with E-state index in [1.807, 2.05) is 4.90 Å². The van der Waals surface area contributed by atoms with Crippen molar-refractivity contribution in [3.8, 4) is 5.75 Å². The summed E-state index contributed by atoms with van der Waals surface area (Å²) in [6, 6.07) is 7.40. The van der Waals surface area contributed by atoms with Crippen LogP contribution in [0.25, 0.3) is 10.9 Å². The molecule has 2 fully saturated rings. The number of fused-ring (bicyclic) bond motifs is 2. The Labute approximate surface area is 222 Å². The first-order chi connectivity index (χ1) is 18.4. The first kappa shape index (κ1) is 26.2. The Bertz CT molecular complexity index is 1360. The summed E-state index contributed by atoms with van der Waals surface area (Å²) in [4.78, 5) is 23.3. The number of halogens is 3. The van der Waals surface area contributed by atoms with Crippen molar-refractivity contribution >= 4 is 45.6 Å². The highest BCUT2D eigenvalue weighted by molar-refractivity contribution is 6.31. The Balaban J connectivity index is 1.35. The van der Waals surface area contributed by atoms with Crippen LogP contribution < -0.4 is 15.4 Å². The third kappa shape index (κ3) is 5.86. The first-order valence-electron chi connectivity index (χ1n) is 12.2. The van der Waals surface area contributed by atoms with Crippen LogP contribution in [0.1, 0.15) is 6.92 Å². The minimum atomic E-state index is -0.923. The molecule has 0 bridgehead atoms. The Morgan fingerprint density at radius 2 is 1.97 bits per heavy atom. The summed E-state index contributed by atoms with van der Waals surface area (Å²) < 4.78 is 45.4. The zero-order chi connectivity index (χ0) is 26.6. The number of benzene rings is 2. The normalized spacial score (nSPS) is 19.8. The maximum atomic E-state index is 14.8. The Kier molecular flexibility index (Phi) is 7.98. The summed E-state index contributed by atoms with van der Waals surface area (Å²) >= 11 is 5.90. The average Bonchev–Trinajstić information content (AvgIpc) is 3.33. The predicted octanol–water partition coefficient (Wildman–Crippen LogP) is 4.46. The summed E-state index contributed by atoms with van der Waals surface area (Å²) in [5, 5.41) is 6.14. The molecule has 200 valence electrons. The van der Waals surface area contributed by atoms with Crippen LogP contribution in [0.5, 0.6) is 5.75 Å². The number of aromatic nitrogens is 2. The zero-order valence-corrected chi connectivity index (χ0v) is 21.3. The molecule has 9 nitrogen and oxygen atoms in total. The fraction of sp³-hybridized carbons (Fsp3) is 0.346. The maximum Gasteiger partial charge on any atom is 0.284 e. The fourth-order valence-electron chi connectivity index (χ4n) is 4.44. The molecule has 2 saturated heterocycles. The van der Waals surface area contributed by atoms with Crippen LogP contribution in [0.2, 0.25) is 5.02 Å². The standard InChI is InChI=1S/C26H26ClF2N5O4/c1-2-36-22-11-20-16(25(31-14-30-20)32-15-3-4-18(28)17(27)9-15)10-21(22)33-26(35)19(29)5-6-34-12-23-24(13-34)38-8-7-37-23/h3-5,9-11,14,23-24H,2,6-8,12-13H2,1H3,(H,33,35)(H,30,31,32)/b19-5+/t23-,24-/m0/s1. The van der Waals surface area contributed by atoms with Gasteiger partial charge in [-0.2, -0.15) is 0 Å². The second kappa shape index (κ2) is 11.6. The van der Waals surface area contributed by atoms with Gasteiger partial charge >= 0.3 is 0 Å². The SMILES string of the molecule is CCOc1cc2ncnc(Nc3ccc(F)c(Cl)c3)c2cc1NC(=O)/C(F)=C\CN1C[C@@H]2OCCO[C@H]2C1. The van der Waals surface area contributed by atoms with Gasteiger partial charge in [0.25, 0.3) is 5.91 Å². The van der Waals surface area contributed by atoms with E-state index in [2.05, 4.69) is 20.6 Å². The lowest BCUT2D eigenvalue weighted by atomic mass is 10.1. The van der Waals surface area contributed by atoms with Crippen molar-refractivity contribution in [3.63, 3.8) is 0 Å². The molecule has 12 heteroatoms. The van der Waals surface area contributed by atoms with Gasteiger partial charge in [-0.25, -0.2) is 18.7 Å². The van der Waals surface area contributed by atoms with Gasteiger partial charge in [0.1, 0.15) is 23.7 Å². The Morgan fingerprint density at radius 3 is 2.68 bits per heavy atom. The third-order valence-corrected chi connectivity index (χ3v) is 6.54. The number of nitrogens with one attached hydrogen (secondary N) is 2. The first-order valence-corrected chi connectivity index (χ1v) is 12.5. The molecule has 2 N–H and O–H groups in total. The fourth-order valence-corrected chi connectivity index (χ4v) is 4.62. The van der Waals surface area contributed by atoms with E-state index in [1.165, 1.54) is 30.6 Å². The van der Waals surface area contributed by atoms with E-state index in [0.717, 1.165) is 0 Å². The van der Waals surface area contributed by atoms with Crippen LogP contribution >= 0.6 is 11.6 Å². The Morgan fingerprint density at radius 1 is 1.21 bits per heavy atom. The molecule has 0 radical (unpaired) electrons. The molecule has 0 saturated carbocycles. The number of hydrogen-bond acceptors (Lipinski definition) is 8. The number of ether oxygens (including phenoxy) is 3. The minimum absolute atomic E-state index is 0.0312. The zero-order valence-electron chi connectivity index (χ0n) is 20.5. The van der Waals surface area contributed by atoms with Gasteiger partial charge in [-0.15, -0.1) is 0 Å². The van der Waals surface area contributed by atoms with Gasteiger partial charge < -0.3 is 24.8 Å². The van der Waals surface area contributed by atoms with Gasteiger partial charge in [-0.05, 0) is 37.3 Å². The highest BCUT2D eigenvalue weighted by Gasteiger charge is 2.36. The van der Waals surface area contributed by atoms with Gasteiger partial charge in [0.05, 0.1) is 48.3 Å². The number of hydrogen-bond donors (Lipinski definition) is 2. The van der Waals surface area contributed by atoms with Crippen molar-refractivity contribution in [2.24, 2.45) is 0 Å². The van der Waals surface area contributed by atoms with E-state index in [1.54, 1.807) is 19.1 Å². The van der Waals surface area contributed by atoms with Gasteiger partial charge in [0.15, 0.2) is 5.83 Å². The molecular formula is C26H26ClF2N5O4. The number of nitrogens with zero attached hydrogens (tertiary/aromatic N) is 3. The number of rotatable bonds is 8. The molecular weight excluding hydrogens is 520 g/mol. The molecule has 38 heavy (non-hydrogen) atoms. The van der Waals surface area contributed by atoms with Crippen molar-refractivity contribution in [3.05, 3.63) is 59.4 Å². The molecule has 1 aromatic heterocycles. The summed E-state index contributed by atoms with van der Waals surface area (Å²) in [6.45, 7) is 4.69. The summed E-state index contributed by atoms with van der Waals surface area (Å²) in [5.74, 6) is -1.67. The third-order valence-electron chi connectivity index (χ3n) is 6.25. The summed E-state index contributed by atoms with van der Waals surface area (Å²) in [6.07, 6.45) is 2.53. The highest BCUT2D eigenvalue weighted by Crippen LogP contribution is 2.34. The van der Waals surface area contributed by atoms with Crippen LogP contribution in [0.4, 0.5) is 26.0 Å². The topological polar surface area (TPSA) is 97.8 Å². The molecule has 5 rings (SSSR count). The van der Waals surface area contributed by atoms with Gasteiger partial charge in [0.2, 0.25) is 0 Å². The quantitative estimate of drug-likeness (QED) is 0.401. The molecule has 2 aliphatic rings. The van der Waals surface area contributed by atoms with Crippen molar-refractivity contribution in [1.29, 1.82) is 0 Å². The van der Waals surface area contributed by atoms with Gasteiger partial charge in [0, 0.05) is 36.8 Å². The lowest BCUT2D eigenvalue weighted by molar-refractivity contribution is -0.116. The molecule has 2 aromatic carbocycles. The highest BCUT2D eigenvalue weighted by atomic mass is 35.5. The van der Waals surface area contributed by atoms with Gasteiger partial charge in [-0.3, -0.25) is 9.69 Å². The van der Waals surface area contributed by atoms with E-state index < -0.39 is 17.6 Å². The van der Waals surface area contributed by atoms with Crippen LogP contribution in [-0.4, -0.2) is 72.4 Å². The molecule has 0 unspecified atom stereocenters. The van der Waals surface area contributed by atoms with E-state index >= 15 is 0 Å². The monoisotopic (exact) mass is 545 g/mol. The Hall–Kier alpha value is -3.38. The predicted molar refractivity (Wildman–Crippen MR) is 139 cm³/mol. The molecule has 0 spiro atoms. The van der Waals surface area contributed by atoms with Gasteiger partial charge in [-0.1, -0.05) is 11.6 Å². The van der Waals surface area contributed by atoms with Crippen LogP contribution in [-0.2, 0) is 14.3 Å².